The van der Waals surface area contributed by atoms with Crippen LogP contribution in [0.15, 0.2) is 48.5 Å². The molecule has 3 rings (SSSR count). The number of hydrogen-bond donors (Lipinski definition) is 1. The third kappa shape index (κ3) is 2.56. The Bertz CT molecular complexity index is 864. The van der Waals surface area contributed by atoms with Gasteiger partial charge in [0.15, 0.2) is 0 Å². The summed E-state index contributed by atoms with van der Waals surface area (Å²) in [5, 5.41) is 10.8. The number of halogens is 1. The Hall–Kier alpha value is -1.45. The second kappa shape index (κ2) is 5.74. The van der Waals surface area contributed by atoms with E-state index in [1.54, 1.807) is 12.1 Å². The molecule has 0 bridgehead atoms. The Kier molecular flexibility index (Phi) is 3.96. The summed E-state index contributed by atoms with van der Waals surface area (Å²) in [7, 11) is 0. The molecule has 0 aliphatic heterocycles. The molecule has 0 unspecified atom stereocenters. The summed E-state index contributed by atoms with van der Waals surface area (Å²) in [4.78, 5) is 16.3. The molecular weight excluding hydrogens is 474 g/mol. The molecule has 5 heteroatoms. The zero-order chi connectivity index (χ0) is 15.0. The number of benzene rings is 2. The van der Waals surface area contributed by atoms with Crippen molar-refractivity contribution < 1.29 is 36.0 Å². The van der Waals surface area contributed by atoms with Crippen LogP contribution in [0.3, 0.4) is 0 Å². The molecular formula is C16H9ClHgNO2. The van der Waals surface area contributed by atoms with Crippen LogP contribution in [-0.4, -0.2) is 16.1 Å². The fraction of sp³-hybridized carbons (Fsp3) is 0. The molecule has 0 spiro atoms. The summed E-state index contributed by atoms with van der Waals surface area (Å²) in [6, 6.07) is 14.7. The van der Waals surface area contributed by atoms with Crippen LogP contribution in [0.2, 0.25) is 5.02 Å². The molecule has 0 saturated carbocycles. The second-order valence-corrected chi connectivity index (χ2v) is 7.77. The number of aromatic carboxylic acids is 1. The fourth-order valence-electron chi connectivity index (χ4n) is 2.37. The predicted octanol–water partition coefficient (Wildman–Crippen LogP) is 3.43. The van der Waals surface area contributed by atoms with Gasteiger partial charge in [-0.3, -0.25) is 0 Å². The zero-order valence-corrected chi connectivity index (χ0v) is 17.3. The van der Waals surface area contributed by atoms with E-state index in [9.17, 15) is 9.90 Å². The van der Waals surface area contributed by atoms with Crippen LogP contribution >= 0.6 is 11.6 Å². The normalized spacial score (nSPS) is 10.8. The average molecular weight is 483 g/mol. The van der Waals surface area contributed by atoms with E-state index in [1.807, 2.05) is 36.4 Å². The van der Waals surface area contributed by atoms with E-state index >= 15 is 0 Å². The van der Waals surface area contributed by atoms with Gasteiger partial charge in [-0.2, -0.15) is 0 Å². The van der Waals surface area contributed by atoms with Crippen molar-refractivity contribution >= 4 is 31.5 Å². The topological polar surface area (TPSA) is 50.2 Å². The number of pyridine rings is 1. The molecule has 0 aliphatic carbocycles. The van der Waals surface area contributed by atoms with Crippen molar-refractivity contribution in [2.75, 3.05) is 0 Å². The molecule has 0 radical (unpaired) electrons. The molecule has 0 amide bonds. The summed E-state index contributed by atoms with van der Waals surface area (Å²) < 4.78 is 0.814. The average Bonchev–Trinajstić information content (AvgIpc) is 2.47. The molecule has 3 nitrogen and oxygen atoms in total. The standard InChI is InChI=1S/C16H9ClNO2.Hg/c17-13-7-3-1-6-11(13)15-9-12(16(19)20)10-5-2-4-8-14(10)18-15;/h1-8H,(H,19,20);. The van der Waals surface area contributed by atoms with E-state index in [0.717, 1.165) is 8.64 Å². The number of nitrogens with zero attached hydrogens (tertiary/aromatic N) is 1. The predicted molar refractivity (Wildman–Crippen MR) is 78.8 cm³/mol. The van der Waals surface area contributed by atoms with Crippen molar-refractivity contribution in [3.8, 4) is 11.3 Å². The van der Waals surface area contributed by atoms with E-state index in [2.05, 4.69) is 4.98 Å². The van der Waals surface area contributed by atoms with Crippen LogP contribution in [-0.2, 0) is 26.1 Å². The molecule has 99 valence electrons. The van der Waals surface area contributed by atoms with Crippen LogP contribution < -0.4 is 3.07 Å². The Labute approximate surface area is 142 Å². The Balaban J connectivity index is 2.43. The van der Waals surface area contributed by atoms with Gasteiger partial charge in [0.1, 0.15) is 0 Å². The summed E-state index contributed by atoms with van der Waals surface area (Å²) >= 11 is 6.35. The van der Waals surface area contributed by atoms with Gasteiger partial charge in [0, 0.05) is 0 Å². The first-order valence-corrected chi connectivity index (χ1v) is 9.45. The molecule has 0 saturated heterocycles. The summed E-state index contributed by atoms with van der Waals surface area (Å²) in [5.41, 5.74) is 2.52. The van der Waals surface area contributed by atoms with Gasteiger partial charge in [-0.15, -0.1) is 0 Å². The first kappa shape index (κ1) is 14.5. The number of rotatable bonds is 2. The van der Waals surface area contributed by atoms with Gasteiger partial charge in [0.2, 0.25) is 0 Å². The number of aromatic nitrogens is 1. The zero-order valence-electron chi connectivity index (χ0n) is 11.0. The van der Waals surface area contributed by atoms with Crippen LogP contribution in [0, 0.1) is 0 Å². The molecule has 2 aromatic carbocycles. The molecule has 0 aliphatic rings. The van der Waals surface area contributed by atoms with Crippen molar-refractivity contribution in [3.05, 3.63) is 59.1 Å². The Morgan fingerprint density at radius 3 is 2.48 bits per heavy atom. The third-order valence-electron chi connectivity index (χ3n) is 3.34. The van der Waals surface area contributed by atoms with Crippen LogP contribution in [0.5, 0.6) is 0 Å². The van der Waals surface area contributed by atoms with Gasteiger partial charge < -0.3 is 0 Å². The van der Waals surface area contributed by atoms with Gasteiger partial charge >= 0.3 is 143 Å². The van der Waals surface area contributed by atoms with E-state index in [-0.39, 0.29) is 26.1 Å². The monoisotopic (exact) mass is 484 g/mol. The maximum absolute atomic E-state index is 11.7. The van der Waals surface area contributed by atoms with Crippen LogP contribution in [0.25, 0.3) is 22.2 Å². The van der Waals surface area contributed by atoms with Crippen LogP contribution in [0.1, 0.15) is 10.4 Å². The molecule has 3 aromatic rings. The minimum atomic E-state index is -0.910. The molecule has 1 aromatic heterocycles. The number of fused-ring (bicyclic) bond motifs is 1. The minimum absolute atomic E-state index is 0.0995. The van der Waals surface area contributed by atoms with Crippen LogP contribution in [0.4, 0.5) is 0 Å². The van der Waals surface area contributed by atoms with Crippen molar-refractivity contribution in [1.82, 2.24) is 4.98 Å². The maximum atomic E-state index is 11.7. The first-order chi connectivity index (χ1) is 10.1. The van der Waals surface area contributed by atoms with Crippen molar-refractivity contribution in [3.63, 3.8) is 0 Å². The SMILES string of the molecule is O=C(O)c1[c]([Hg])c(-c2ccccc2Cl)nc2ccccc12. The first-order valence-electron chi connectivity index (χ1n) is 6.32. The molecule has 1 heterocycles. The van der Waals surface area contributed by atoms with E-state index in [0.29, 0.717) is 27.2 Å². The van der Waals surface area contributed by atoms with Gasteiger partial charge in [-0.25, -0.2) is 0 Å². The quantitative estimate of drug-likeness (QED) is 0.569. The number of carbonyl (C=O) groups is 1. The van der Waals surface area contributed by atoms with Gasteiger partial charge in [0.25, 0.3) is 0 Å². The van der Waals surface area contributed by atoms with E-state index in [4.69, 9.17) is 11.6 Å². The molecule has 0 fully saturated rings. The Morgan fingerprint density at radius 2 is 1.76 bits per heavy atom. The third-order valence-corrected chi connectivity index (χ3v) is 6.34. The number of para-hydroxylation sites is 1. The summed E-state index contributed by atoms with van der Waals surface area (Å²) in [6.45, 7) is 0. The molecule has 21 heavy (non-hydrogen) atoms. The second-order valence-electron chi connectivity index (χ2n) is 4.62. The summed E-state index contributed by atoms with van der Waals surface area (Å²) in [6.07, 6.45) is 0. The summed E-state index contributed by atoms with van der Waals surface area (Å²) in [5.74, 6) is -0.910. The van der Waals surface area contributed by atoms with Crippen molar-refractivity contribution in [2.24, 2.45) is 0 Å². The van der Waals surface area contributed by atoms with Crippen molar-refractivity contribution in [1.29, 1.82) is 0 Å². The van der Waals surface area contributed by atoms with Crippen molar-refractivity contribution in [2.45, 2.75) is 0 Å². The molecule has 1 N–H and O–H groups in total. The number of hydrogen-bond acceptors (Lipinski definition) is 2. The van der Waals surface area contributed by atoms with Gasteiger partial charge in [-0.05, 0) is 0 Å². The molecule has 0 atom stereocenters. The van der Waals surface area contributed by atoms with Gasteiger partial charge in [-0.1, -0.05) is 0 Å². The number of carboxylic acid groups (broad SMARTS) is 1. The number of carboxylic acids is 1. The van der Waals surface area contributed by atoms with Gasteiger partial charge in [0.05, 0.1) is 0 Å². The Morgan fingerprint density at radius 1 is 1.10 bits per heavy atom. The van der Waals surface area contributed by atoms with E-state index < -0.39 is 5.97 Å². The fourth-order valence-corrected chi connectivity index (χ4v) is 4.97. The van der Waals surface area contributed by atoms with E-state index in [1.165, 1.54) is 0 Å².